The highest BCUT2D eigenvalue weighted by Gasteiger charge is 2.30. The summed E-state index contributed by atoms with van der Waals surface area (Å²) in [6.07, 6.45) is 9.13. The van der Waals surface area contributed by atoms with Crippen molar-refractivity contribution in [3.05, 3.63) is 99.4 Å². The lowest BCUT2D eigenvalue weighted by Gasteiger charge is -2.23. The summed E-state index contributed by atoms with van der Waals surface area (Å²) in [5.74, 6) is 2.92. The molecule has 1 aliphatic rings. The number of aryl methyl sites for hydroxylation is 1. The molecule has 4 heterocycles. The SMILES string of the molecule is C#Cc1ccc2c3c(c([C@H](C)NC(=O)c4c(C)nn5cccnc45)n(-c4ccccc4)c(=O)c13)CO2. The quantitative estimate of drug-likeness (QED) is 0.400. The van der Waals surface area contributed by atoms with E-state index < -0.39 is 6.04 Å². The fourth-order valence-electron chi connectivity index (χ4n) is 5.01. The van der Waals surface area contributed by atoms with Gasteiger partial charge in [0, 0.05) is 34.6 Å². The largest absolute Gasteiger partial charge is 0.488 e. The molecule has 176 valence electrons. The van der Waals surface area contributed by atoms with Gasteiger partial charge in [0.05, 0.1) is 22.8 Å². The Labute approximate surface area is 206 Å². The smallest absolute Gasteiger partial charge is 0.264 e. The number of hydrogen-bond acceptors (Lipinski definition) is 5. The van der Waals surface area contributed by atoms with Crippen LogP contribution in [-0.4, -0.2) is 25.1 Å². The number of nitrogens with one attached hydrogen (secondary N) is 1. The fraction of sp³-hybridized carbons (Fsp3) is 0.143. The third-order valence-electron chi connectivity index (χ3n) is 6.53. The minimum Gasteiger partial charge on any atom is -0.488 e. The number of carbonyl (C=O) groups excluding carboxylic acids is 1. The number of rotatable bonds is 4. The van der Waals surface area contributed by atoms with Crippen LogP contribution in [0.1, 0.15) is 45.8 Å². The summed E-state index contributed by atoms with van der Waals surface area (Å²) in [7, 11) is 0. The number of fused-ring (bicyclic) bond motifs is 1. The predicted molar refractivity (Wildman–Crippen MR) is 135 cm³/mol. The van der Waals surface area contributed by atoms with Gasteiger partial charge in [0.15, 0.2) is 5.65 Å². The topological polar surface area (TPSA) is 90.5 Å². The van der Waals surface area contributed by atoms with Crippen LogP contribution in [0.15, 0.2) is 65.7 Å². The molecule has 0 aliphatic carbocycles. The van der Waals surface area contributed by atoms with E-state index in [1.54, 1.807) is 46.6 Å². The van der Waals surface area contributed by atoms with Gasteiger partial charge in [-0.3, -0.25) is 14.2 Å². The highest BCUT2D eigenvalue weighted by Crippen LogP contribution is 2.39. The first-order chi connectivity index (χ1) is 17.5. The van der Waals surface area contributed by atoms with E-state index in [-0.39, 0.29) is 18.1 Å². The van der Waals surface area contributed by atoms with Crippen molar-refractivity contribution in [3.8, 4) is 23.8 Å². The third kappa shape index (κ3) is 3.10. The van der Waals surface area contributed by atoms with Gasteiger partial charge in [0.2, 0.25) is 0 Å². The number of nitrogens with zero attached hydrogens (tertiary/aromatic N) is 4. The number of terminal acetylenes is 1. The standard InChI is InChI=1S/C28H21N5O3/c1-4-18-11-12-21-24-20(15-36-21)25(33(28(35)23(18)24)19-9-6-5-7-10-19)17(3)30-27(34)22-16(2)31-32-14-8-13-29-26(22)32/h1,5-14,17H,15H2,2-3H3,(H,30,34)/t17-/m0/s1. The zero-order valence-corrected chi connectivity index (χ0v) is 19.6. The first kappa shape index (κ1) is 21.6. The second-order valence-corrected chi connectivity index (χ2v) is 8.68. The number of aromatic nitrogens is 4. The molecular formula is C28H21N5O3. The van der Waals surface area contributed by atoms with E-state index in [4.69, 9.17) is 11.2 Å². The Morgan fingerprint density at radius 1 is 1.17 bits per heavy atom. The van der Waals surface area contributed by atoms with E-state index in [1.165, 1.54) is 0 Å². The van der Waals surface area contributed by atoms with Crippen LogP contribution in [0.5, 0.6) is 5.75 Å². The summed E-state index contributed by atoms with van der Waals surface area (Å²) in [5.41, 5.74) is 3.80. The minimum atomic E-state index is -0.549. The molecule has 1 amide bonds. The number of para-hydroxylation sites is 1. The molecule has 36 heavy (non-hydrogen) atoms. The minimum absolute atomic E-state index is 0.259. The Morgan fingerprint density at radius 2 is 1.97 bits per heavy atom. The average molecular weight is 476 g/mol. The van der Waals surface area contributed by atoms with Crippen molar-refractivity contribution < 1.29 is 9.53 Å². The van der Waals surface area contributed by atoms with E-state index in [0.717, 1.165) is 5.56 Å². The molecule has 1 atom stereocenters. The van der Waals surface area contributed by atoms with Crippen LogP contribution in [0.25, 0.3) is 22.1 Å². The van der Waals surface area contributed by atoms with E-state index >= 15 is 0 Å². The third-order valence-corrected chi connectivity index (χ3v) is 6.53. The molecule has 0 saturated heterocycles. The molecule has 2 aromatic carbocycles. The van der Waals surface area contributed by atoms with Gasteiger partial charge >= 0.3 is 0 Å². The maximum Gasteiger partial charge on any atom is 0.264 e. The maximum atomic E-state index is 14.0. The van der Waals surface area contributed by atoms with Crippen LogP contribution in [0, 0.1) is 19.3 Å². The number of amides is 1. The van der Waals surface area contributed by atoms with Gasteiger partial charge in [0.1, 0.15) is 17.9 Å². The molecule has 0 saturated carbocycles. The molecule has 8 nitrogen and oxygen atoms in total. The molecule has 1 N–H and O–H groups in total. The van der Waals surface area contributed by atoms with Gasteiger partial charge in [-0.2, -0.15) is 5.10 Å². The van der Waals surface area contributed by atoms with Gasteiger partial charge in [-0.05, 0) is 44.2 Å². The first-order valence-electron chi connectivity index (χ1n) is 11.5. The number of ether oxygens (including phenoxy) is 1. The Balaban J connectivity index is 1.56. The summed E-state index contributed by atoms with van der Waals surface area (Å²) in [5, 5.41) is 8.61. The molecule has 0 radical (unpaired) electrons. The van der Waals surface area contributed by atoms with E-state index in [2.05, 4.69) is 21.3 Å². The van der Waals surface area contributed by atoms with Crippen molar-refractivity contribution >= 4 is 22.3 Å². The van der Waals surface area contributed by atoms with Gasteiger partial charge in [-0.1, -0.05) is 24.1 Å². The average Bonchev–Trinajstić information content (AvgIpc) is 3.46. The second-order valence-electron chi connectivity index (χ2n) is 8.68. The highest BCUT2D eigenvalue weighted by atomic mass is 16.5. The van der Waals surface area contributed by atoms with Crippen LogP contribution in [-0.2, 0) is 6.61 Å². The summed E-state index contributed by atoms with van der Waals surface area (Å²) in [4.78, 5) is 31.8. The Morgan fingerprint density at radius 3 is 2.75 bits per heavy atom. The van der Waals surface area contributed by atoms with Crippen LogP contribution < -0.4 is 15.6 Å². The lowest BCUT2D eigenvalue weighted by molar-refractivity contribution is 0.0939. The Hall–Kier alpha value is -4.90. The molecule has 3 aromatic heterocycles. The van der Waals surface area contributed by atoms with E-state index in [9.17, 15) is 9.59 Å². The molecule has 0 fully saturated rings. The van der Waals surface area contributed by atoms with Gasteiger partial charge < -0.3 is 10.1 Å². The fourth-order valence-corrected chi connectivity index (χ4v) is 5.01. The summed E-state index contributed by atoms with van der Waals surface area (Å²) in [6, 6.07) is 14.0. The zero-order valence-electron chi connectivity index (χ0n) is 19.6. The molecule has 0 spiro atoms. The predicted octanol–water partition coefficient (Wildman–Crippen LogP) is 3.71. The Bertz CT molecular complexity index is 1790. The zero-order chi connectivity index (χ0) is 25.0. The second kappa shape index (κ2) is 8.10. The van der Waals surface area contributed by atoms with Crippen LogP contribution in [0.2, 0.25) is 0 Å². The van der Waals surface area contributed by atoms with Crippen LogP contribution in [0.4, 0.5) is 0 Å². The van der Waals surface area contributed by atoms with Gasteiger partial charge in [-0.25, -0.2) is 9.50 Å². The highest BCUT2D eigenvalue weighted by molar-refractivity contribution is 6.01. The lowest BCUT2D eigenvalue weighted by atomic mass is 9.97. The number of pyridine rings is 1. The van der Waals surface area contributed by atoms with Crippen LogP contribution in [0.3, 0.4) is 0 Å². The number of hydrogen-bond donors (Lipinski definition) is 1. The molecule has 8 heteroatoms. The molecule has 1 aliphatic heterocycles. The van der Waals surface area contributed by atoms with Crippen molar-refractivity contribution in [2.24, 2.45) is 0 Å². The molecule has 0 unspecified atom stereocenters. The van der Waals surface area contributed by atoms with Crippen molar-refractivity contribution in [2.45, 2.75) is 26.5 Å². The molecule has 0 bridgehead atoms. The molecule has 5 aromatic rings. The number of carbonyl (C=O) groups is 1. The normalized spacial score (nSPS) is 12.9. The number of benzene rings is 2. The van der Waals surface area contributed by atoms with Crippen molar-refractivity contribution in [2.75, 3.05) is 0 Å². The Kier molecular flexibility index (Phi) is 4.86. The van der Waals surface area contributed by atoms with E-state index in [1.807, 2.05) is 37.3 Å². The monoisotopic (exact) mass is 475 g/mol. The molecular weight excluding hydrogens is 454 g/mol. The van der Waals surface area contributed by atoms with Crippen LogP contribution >= 0.6 is 0 Å². The van der Waals surface area contributed by atoms with E-state index in [0.29, 0.717) is 50.4 Å². The summed E-state index contributed by atoms with van der Waals surface area (Å²) in [6.45, 7) is 3.89. The lowest BCUT2D eigenvalue weighted by Crippen LogP contribution is -2.33. The molecule has 6 rings (SSSR count). The van der Waals surface area contributed by atoms with Gasteiger partial charge in [-0.15, -0.1) is 6.42 Å². The summed E-state index contributed by atoms with van der Waals surface area (Å²) < 4.78 is 9.15. The van der Waals surface area contributed by atoms with Crippen molar-refractivity contribution in [1.29, 1.82) is 0 Å². The van der Waals surface area contributed by atoms with Crippen molar-refractivity contribution in [3.63, 3.8) is 0 Å². The van der Waals surface area contributed by atoms with Gasteiger partial charge in [0.25, 0.3) is 11.5 Å². The maximum absolute atomic E-state index is 14.0. The first-order valence-corrected chi connectivity index (χ1v) is 11.5. The van der Waals surface area contributed by atoms with Crippen molar-refractivity contribution in [1.82, 2.24) is 24.5 Å². The summed E-state index contributed by atoms with van der Waals surface area (Å²) >= 11 is 0.